The van der Waals surface area contributed by atoms with Crippen molar-refractivity contribution in [3.8, 4) is 0 Å². The summed E-state index contributed by atoms with van der Waals surface area (Å²) in [6.45, 7) is 7.88. The van der Waals surface area contributed by atoms with E-state index >= 15 is 0 Å². The van der Waals surface area contributed by atoms with E-state index < -0.39 is 10.8 Å². The standard InChI is InChI=1S/C14H22N4O3S/c1-8(2)11-16-10(17-21-11)6-18(5)12(19)9-7-22-14(3,4)13(20)15-9/h8-9H,6-7H2,1-5H3,(H,15,20)/t9-/m1/s1. The summed E-state index contributed by atoms with van der Waals surface area (Å²) in [5, 5.41) is 6.65. The molecule has 1 fully saturated rings. The number of nitrogens with one attached hydrogen (secondary N) is 1. The first kappa shape index (κ1) is 16.8. The molecule has 1 atom stereocenters. The molecule has 0 aliphatic carbocycles. The predicted octanol–water partition coefficient (Wildman–Crippen LogP) is 1.16. The van der Waals surface area contributed by atoms with Gasteiger partial charge in [-0.05, 0) is 13.8 Å². The van der Waals surface area contributed by atoms with Gasteiger partial charge in [0.15, 0.2) is 5.82 Å². The van der Waals surface area contributed by atoms with Crippen LogP contribution in [0.1, 0.15) is 45.3 Å². The molecular formula is C14H22N4O3S. The molecule has 0 spiro atoms. The van der Waals surface area contributed by atoms with Gasteiger partial charge < -0.3 is 14.7 Å². The van der Waals surface area contributed by atoms with Crippen molar-refractivity contribution in [2.75, 3.05) is 12.8 Å². The molecule has 8 heteroatoms. The third-order valence-electron chi connectivity index (χ3n) is 3.49. The third-order valence-corrected chi connectivity index (χ3v) is 4.90. The van der Waals surface area contributed by atoms with Crippen LogP contribution in [0.4, 0.5) is 0 Å². The molecule has 0 radical (unpaired) electrons. The zero-order valence-corrected chi connectivity index (χ0v) is 14.4. The summed E-state index contributed by atoms with van der Waals surface area (Å²) in [5.41, 5.74) is 0. The minimum absolute atomic E-state index is 0.114. The van der Waals surface area contributed by atoms with Gasteiger partial charge in [-0.3, -0.25) is 9.59 Å². The van der Waals surface area contributed by atoms with Crippen molar-refractivity contribution < 1.29 is 14.1 Å². The van der Waals surface area contributed by atoms with Gasteiger partial charge in [0.1, 0.15) is 6.04 Å². The average molecular weight is 326 g/mol. The van der Waals surface area contributed by atoms with Crippen LogP contribution >= 0.6 is 11.8 Å². The van der Waals surface area contributed by atoms with E-state index in [2.05, 4.69) is 15.5 Å². The van der Waals surface area contributed by atoms with Crippen LogP contribution in [-0.2, 0) is 16.1 Å². The quantitative estimate of drug-likeness (QED) is 0.893. The van der Waals surface area contributed by atoms with E-state index in [1.807, 2.05) is 27.7 Å². The molecule has 1 saturated heterocycles. The maximum absolute atomic E-state index is 12.4. The van der Waals surface area contributed by atoms with Crippen molar-refractivity contribution in [1.29, 1.82) is 0 Å². The van der Waals surface area contributed by atoms with Gasteiger partial charge in [0, 0.05) is 18.7 Å². The second kappa shape index (κ2) is 6.28. The summed E-state index contributed by atoms with van der Waals surface area (Å²) >= 11 is 1.49. The number of amides is 2. The number of rotatable bonds is 4. The van der Waals surface area contributed by atoms with E-state index in [1.165, 1.54) is 16.7 Å². The molecule has 0 aromatic carbocycles. The molecule has 0 saturated carbocycles. The maximum Gasteiger partial charge on any atom is 0.246 e. The summed E-state index contributed by atoms with van der Waals surface area (Å²) in [5.74, 6) is 1.47. The van der Waals surface area contributed by atoms with Crippen LogP contribution in [0.2, 0.25) is 0 Å². The Hall–Kier alpha value is -1.57. The number of carbonyl (C=O) groups excluding carboxylic acids is 2. The second-order valence-corrected chi connectivity index (χ2v) is 7.89. The lowest BCUT2D eigenvalue weighted by atomic mass is 10.1. The van der Waals surface area contributed by atoms with E-state index in [-0.39, 0.29) is 24.3 Å². The molecule has 0 unspecified atom stereocenters. The molecule has 1 N–H and O–H groups in total. The highest BCUT2D eigenvalue weighted by Gasteiger charge is 2.38. The topological polar surface area (TPSA) is 88.3 Å². The Morgan fingerprint density at radius 3 is 2.77 bits per heavy atom. The molecule has 22 heavy (non-hydrogen) atoms. The van der Waals surface area contributed by atoms with E-state index in [4.69, 9.17) is 4.52 Å². The molecule has 0 bridgehead atoms. The normalized spacial score (nSPS) is 20.8. The Bertz CT molecular complexity index is 570. The summed E-state index contributed by atoms with van der Waals surface area (Å²) in [4.78, 5) is 30.1. The largest absolute Gasteiger partial charge is 0.342 e. The monoisotopic (exact) mass is 326 g/mol. The fourth-order valence-corrected chi connectivity index (χ4v) is 2.99. The summed E-state index contributed by atoms with van der Waals surface area (Å²) in [6.07, 6.45) is 0. The Labute approximate surface area is 134 Å². The van der Waals surface area contributed by atoms with Gasteiger partial charge in [-0.1, -0.05) is 19.0 Å². The van der Waals surface area contributed by atoms with Crippen LogP contribution in [0.25, 0.3) is 0 Å². The highest BCUT2D eigenvalue weighted by Crippen LogP contribution is 2.29. The summed E-state index contributed by atoms with van der Waals surface area (Å²) in [6, 6.07) is -0.507. The van der Waals surface area contributed by atoms with Gasteiger partial charge >= 0.3 is 0 Å². The van der Waals surface area contributed by atoms with Gasteiger partial charge in [0.25, 0.3) is 0 Å². The maximum atomic E-state index is 12.4. The van der Waals surface area contributed by atoms with E-state index in [1.54, 1.807) is 7.05 Å². The molecule has 7 nitrogen and oxygen atoms in total. The SMILES string of the molecule is CC(C)c1nc(CN(C)C(=O)[C@H]2CSC(C)(C)C(=O)N2)no1. The van der Waals surface area contributed by atoms with Crippen molar-refractivity contribution in [1.82, 2.24) is 20.4 Å². The van der Waals surface area contributed by atoms with Crippen LogP contribution in [0.5, 0.6) is 0 Å². The number of nitrogens with zero attached hydrogens (tertiary/aromatic N) is 3. The van der Waals surface area contributed by atoms with Crippen LogP contribution in [0.15, 0.2) is 4.52 Å². The Balaban J connectivity index is 1.96. The first-order valence-corrected chi connectivity index (χ1v) is 8.21. The van der Waals surface area contributed by atoms with Crippen molar-refractivity contribution in [2.45, 2.75) is 50.9 Å². The van der Waals surface area contributed by atoms with Crippen molar-refractivity contribution >= 4 is 23.6 Å². The zero-order valence-electron chi connectivity index (χ0n) is 13.5. The summed E-state index contributed by atoms with van der Waals surface area (Å²) in [7, 11) is 1.67. The van der Waals surface area contributed by atoms with E-state index in [0.29, 0.717) is 17.5 Å². The molecular weight excluding hydrogens is 304 g/mol. The van der Waals surface area contributed by atoms with E-state index in [9.17, 15) is 9.59 Å². The van der Waals surface area contributed by atoms with Gasteiger partial charge in [0.05, 0.1) is 11.3 Å². The number of thioether (sulfide) groups is 1. The molecule has 1 aromatic heterocycles. The number of carbonyl (C=O) groups is 2. The lowest BCUT2D eigenvalue weighted by Gasteiger charge is -2.34. The van der Waals surface area contributed by atoms with Gasteiger partial charge in [-0.25, -0.2) is 0 Å². The molecule has 2 rings (SSSR count). The lowest BCUT2D eigenvalue weighted by molar-refractivity contribution is -0.136. The first-order valence-electron chi connectivity index (χ1n) is 7.23. The van der Waals surface area contributed by atoms with Crippen LogP contribution in [-0.4, -0.2) is 50.4 Å². The van der Waals surface area contributed by atoms with Crippen molar-refractivity contribution in [2.24, 2.45) is 0 Å². The fraction of sp³-hybridized carbons (Fsp3) is 0.714. The van der Waals surface area contributed by atoms with E-state index in [0.717, 1.165) is 0 Å². The molecule has 1 aliphatic rings. The molecule has 122 valence electrons. The highest BCUT2D eigenvalue weighted by atomic mass is 32.2. The van der Waals surface area contributed by atoms with Crippen LogP contribution in [0.3, 0.4) is 0 Å². The van der Waals surface area contributed by atoms with Crippen molar-refractivity contribution in [3.63, 3.8) is 0 Å². The molecule has 2 heterocycles. The molecule has 1 aliphatic heterocycles. The van der Waals surface area contributed by atoms with Gasteiger partial charge in [0.2, 0.25) is 17.7 Å². The van der Waals surface area contributed by atoms with Crippen LogP contribution in [0, 0.1) is 0 Å². The minimum atomic E-state index is -0.507. The zero-order chi connectivity index (χ0) is 16.5. The number of hydrogen-bond acceptors (Lipinski definition) is 6. The average Bonchev–Trinajstić information content (AvgIpc) is 2.89. The molecule has 1 aromatic rings. The second-order valence-electron chi connectivity index (χ2n) is 6.25. The fourth-order valence-electron chi connectivity index (χ4n) is 1.99. The predicted molar refractivity (Wildman–Crippen MR) is 83.3 cm³/mol. The molecule has 2 amide bonds. The smallest absolute Gasteiger partial charge is 0.246 e. The first-order chi connectivity index (χ1) is 10.2. The Morgan fingerprint density at radius 1 is 1.55 bits per heavy atom. The Morgan fingerprint density at radius 2 is 2.23 bits per heavy atom. The minimum Gasteiger partial charge on any atom is -0.342 e. The van der Waals surface area contributed by atoms with Gasteiger partial charge in [-0.2, -0.15) is 4.98 Å². The van der Waals surface area contributed by atoms with Gasteiger partial charge in [-0.15, -0.1) is 11.8 Å². The Kier molecular flexibility index (Phi) is 4.79. The van der Waals surface area contributed by atoms with Crippen LogP contribution < -0.4 is 5.32 Å². The lowest BCUT2D eigenvalue weighted by Crippen LogP contribution is -2.57. The summed E-state index contributed by atoms with van der Waals surface area (Å²) < 4.78 is 4.63. The highest BCUT2D eigenvalue weighted by molar-refractivity contribution is 8.01. The van der Waals surface area contributed by atoms with Crippen molar-refractivity contribution in [3.05, 3.63) is 11.7 Å². The number of hydrogen-bond donors (Lipinski definition) is 1. The number of aromatic nitrogens is 2. The third kappa shape index (κ3) is 3.60. The number of likely N-dealkylation sites (N-methyl/N-ethyl adjacent to an activating group) is 1.